The summed E-state index contributed by atoms with van der Waals surface area (Å²) in [4.78, 5) is 24.7. The third kappa shape index (κ3) is 3.18. The van der Waals surface area contributed by atoms with E-state index in [1.807, 2.05) is 35.2 Å². The minimum absolute atomic E-state index is 0.0635. The molecule has 0 spiro atoms. The van der Waals surface area contributed by atoms with Gasteiger partial charge in [0, 0.05) is 12.1 Å². The van der Waals surface area contributed by atoms with Crippen molar-refractivity contribution in [1.82, 2.24) is 0 Å². The zero-order valence-corrected chi connectivity index (χ0v) is 12.7. The second-order valence-electron chi connectivity index (χ2n) is 5.58. The van der Waals surface area contributed by atoms with Crippen molar-refractivity contribution in [2.45, 2.75) is 19.4 Å². The van der Waals surface area contributed by atoms with Crippen molar-refractivity contribution in [1.29, 1.82) is 0 Å². The molecular formula is C18H17NO4. The van der Waals surface area contributed by atoms with Crippen LogP contribution in [0.3, 0.4) is 0 Å². The Morgan fingerprint density at radius 2 is 1.96 bits per heavy atom. The van der Waals surface area contributed by atoms with Crippen LogP contribution in [-0.2, 0) is 4.79 Å². The molecule has 0 bridgehead atoms. The first-order valence-electron chi connectivity index (χ1n) is 7.40. The Morgan fingerprint density at radius 1 is 1.22 bits per heavy atom. The number of benzene rings is 2. The molecular weight excluding hydrogens is 294 g/mol. The molecule has 0 saturated carbocycles. The molecule has 1 unspecified atom stereocenters. The molecule has 0 amide bonds. The molecule has 118 valence electrons. The van der Waals surface area contributed by atoms with Crippen LogP contribution < -0.4 is 9.64 Å². The zero-order valence-electron chi connectivity index (χ0n) is 12.7. The largest absolute Gasteiger partial charge is 0.486 e. The number of ether oxygens (including phenoxy) is 1. The van der Waals surface area contributed by atoms with E-state index in [4.69, 9.17) is 4.74 Å². The molecule has 0 aromatic heterocycles. The van der Waals surface area contributed by atoms with Crippen LogP contribution in [0.4, 0.5) is 11.4 Å². The lowest BCUT2D eigenvalue weighted by molar-refractivity contribution is -0.118. The van der Waals surface area contributed by atoms with Gasteiger partial charge >= 0.3 is 5.97 Å². The molecule has 2 aromatic rings. The van der Waals surface area contributed by atoms with Gasteiger partial charge in [0.05, 0.1) is 17.8 Å². The molecule has 5 heteroatoms. The fraction of sp³-hybridized carbons (Fsp3) is 0.222. The Morgan fingerprint density at radius 3 is 2.61 bits per heavy atom. The second-order valence-corrected chi connectivity index (χ2v) is 5.58. The van der Waals surface area contributed by atoms with E-state index >= 15 is 0 Å². The third-order valence-corrected chi connectivity index (χ3v) is 3.76. The molecule has 1 N–H and O–H groups in total. The van der Waals surface area contributed by atoms with Crippen LogP contribution in [0.15, 0.2) is 48.5 Å². The maximum atomic E-state index is 11.4. The number of rotatable bonds is 4. The fourth-order valence-electron chi connectivity index (χ4n) is 2.76. The van der Waals surface area contributed by atoms with Crippen molar-refractivity contribution >= 4 is 23.1 Å². The van der Waals surface area contributed by atoms with E-state index in [0.717, 1.165) is 5.69 Å². The fourth-order valence-corrected chi connectivity index (χ4v) is 2.76. The molecule has 2 aromatic carbocycles. The van der Waals surface area contributed by atoms with Crippen LogP contribution in [-0.4, -0.2) is 29.5 Å². The monoisotopic (exact) mass is 311 g/mol. The van der Waals surface area contributed by atoms with Gasteiger partial charge in [-0.3, -0.25) is 4.79 Å². The van der Waals surface area contributed by atoms with E-state index in [1.165, 1.54) is 6.07 Å². The molecule has 1 aliphatic heterocycles. The summed E-state index contributed by atoms with van der Waals surface area (Å²) in [6, 6.07) is 14.4. The first kappa shape index (κ1) is 15.1. The van der Waals surface area contributed by atoms with E-state index < -0.39 is 5.97 Å². The van der Waals surface area contributed by atoms with Crippen LogP contribution in [0.5, 0.6) is 5.75 Å². The van der Waals surface area contributed by atoms with Crippen molar-refractivity contribution in [3.63, 3.8) is 0 Å². The number of carbonyl (C=O) groups is 2. The van der Waals surface area contributed by atoms with E-state index in [2.05, 4.69) is 0 Å². The van der Waals surface area contributed by atoms with Gasteiger partial charge in [-0.25, -0.2) is 4.79 Å². The van der Waals surface area contributed by atoms with Crippen LogP contribution in [0, 0.1) is 0 Å². The number of ketones is 1. The minimum atomic E-state index is -0.980. The molecule has 3 rings (SSSR count). The number of fused-ring (bicyclic) bond motifs is 1. The van der Waals surface area contributed by atoms with Gasteiger partial charge in [0.2, 0.25) is 0 Å². The third-order valence-electron chi connectivity index (χ3n) is 3.76. The number of anilines is 2. The Kier molecular flexibility index (Phi) is 4.02. The van der Waals surface area contributed by atoms with Gasteiger partial charge in [-0.05, 0) is 37.3 Å². The van der Waals surface area contributed by atoms with Crippen molar-refractivity contribution in [3.8, 4) is 5.75 Å². The number of aromatic carboxylic acids is 1. The average molecular weight is 311 g/mol. The van der Waals surface area contributed by atoms with Crippen LogP contribution in [0.25, 0.3) is 0 Å². The van der Waals surface area contributed by atoms with Crippen molar-refractivity contribution in [2.24, 2.45) is 0 Å². The molecule has 1 heterocycles. The maximum absolute atomic E-state index is 11.4. The predicted octanol–water partition coefficient (Wildman–Crippen LogP) is 3.26. The van der Waals surface area contributed by atoms with Gasteiger partial charge in [-0.15, -0.1) is 0 Å². The lowest BCUT2D eigenvalue weighted by Gasteiger charge is -2.36. The smallest absolute Gasteiger partial charge is 0.335 e. The lowest BCUT2D eigenvalue weighted by atomic mass is 10.1. The summed E-state index contributed by atoms with van der Waals surface area (Å²) >= 11 is 0. The van der Waals surface area contributed by atoms with E-state index in [0.29, 0.717) is 24.4 Å². The number of carboxylic acid groups (broad SMARTS) is 1. The Bertz CT molecular complexity index is 742. The Hall–Kier alpha value is -2.82. The molecule has 23 heavy (non-hydrogen) atoms. The lowest BCUT2D eigenvalue weighted by Crippen LogP contribution is -2.38. The molecule has 1 aliphatic rings. The van der Waals surface area contributed by atoms with Crippen molar-refractivity contribution in [2.75, 3.05) is 11.4 Å². The summed E-state index contributed by atoms with van der Waals surface area (Å²) in [5.41, 5.74) is 1.85. The number of carboxylic acids is 1. The first-order valence-corrected chi connectivity index (χ1v) is 7.40. The molecule has 0 saturated heterocycles. The SMILES string of the molecule is CC(=O)CC1CN(c2ccccc2)c2cc(C(=O)O)ccc2O1. The quantitative estimate of drug-likeness (QED) is 0.938. The highest BCUT2D eigenvalue weighted by atomic mass is 16.5. The molecule has 0 aliphatic carbocycles. The molecule has 0 radical (unpaired) electrons. The van der Waals surface area contributed by atoms with Gasteiger partial charge in [-0.2, -0.15) is 0 Å². The summed E-state index contributed by atoms with van der Waals surface area (Å²) in [7, 11) is 0. The first-order chi connectivity index (χ1) is 11.0. The van der Waals surface area contributed by atoms with Gasteiger partial charge in [-0.1, -0.05) is 18.2 Å². The van der Waals surface area contributed by atoms with Crippen LogP contribution in [0.1, 0.15) is 23.7 Å². The van der Waals surface area contributed by atoms with Crippen LogP contribution >= 0.6 is 0 Å². The average Bonchev–Trinajstić information content (AvgIpc) is 2.54. The van der Waals surface area contributed by atoms with Crippen molar-refractivity contribution < 1.29 is 19.4 Å². The zero-order chi connectivity index (χ0) is 16.4. The number of hydrogen-bond donors (Lipinski definition) is 1. The summed E-state index contributed by atoms with van der Waals surface area (Å²) in [5, 5.41) is 9.21. The number of carbonyl (C=O) groups excluding carboxylic acids is 1. The van der Waals surface area contributed by atoms with E-state index in [1.54, 1.807) is 19.1 Å². The molecule has 5 nitrogen and oxygen atoms in total. The Labute approximate surface area is 134 Å². The topological polar surface area (TPSA) is 66.8 Å². The van der Waals surface area contributed by atoms with Crippen LogP contribution in [0.2, 0.25) is 0 Å². The van der Waals surface area contributed by atoms with Gasteiger partial charge < -0.3 is 14.7 Å². The highest BCUT2D eigenvalue weighted by molar-refractivity contribution is 5.90. The van der Waals surface area contributed by atoms with Gasteiger partial charge in [0.25, 0.3) is 0 Å². The standard InChI is InChI=1S/C18H17NO4/c1-12(20)9-15-11-19(14-5-3-2-4-6-14)16-10-13(18(21)22)7-8-17(16)23-15/h2-8,10,15H,9,11H2,1H3,(H,21,22). The Balaban J connectivity index is 2.04. The highest BCUT2D eigenvalue weighted by Gasteiger charge is 2.28. The van der Waals surface area contributed by atoms with E-state index in [9.17, 15) is 14.7 Å². The van der Waals surface area contributed by atoms with Gasteiger partial charge in [0.1, 0.15) is 17.6 Å². The number of para-hydroxylation sites is 1. The number of nitrogens with zero attached hydrogens (tertiary/aromatic N) is 1. The summed E-state index contributed by atoms with van der Waals surface area (Å²) < 4.78 is 5.87. The maximum Gasteiger partial charge on any atom is 0.335 e. The second kappa shape index (κ2) is 6.12. The number of hydrogen-bond acceptors (Lipinski definition) is 4. The summed E-state index contributed by atoms with van der Waals surface area (Å²) in [5.74, 6) is -0.323. The van der Waals surface area contributed by atoms with E-state index in [-0.39, 0.29) is 17.5 Å². The van der Waals surface area contributed by atoms with Crippen molar-refractivity contribution in [3.05, 3.63) is 54.1 Å². The molecule has 0 fully saturated rings. The summed E-state index contributed by atoms with van der Waals surface area (Å²) in [6.07, 6.45) is 0.0691. The minimum Gasteiger partial charge on any atom is -0.486 e. The summed E-state index contributed by atoms with van der Waals surface area (Å²) in [6.45, 7) is 2.04. The highest BCUT2D eigenvalue weighted by Crippen LogP contribution is 2.39. The predicted molar refractivity (Wildman–Crippen MR) is 86.6 cm³/mol. The van der Waals surface area contributed by atoms with Gasteiger partial charge in [0.15, 0.2) is 0 Å². The molecule has 1 atom stereocenters. The number of Topliss-reactive ketones (excluding diaryl/α,β-unsaturated/α-hetero) is 1. The normalized spacial score (nSPS) is 16.4.